The Balaban J connectivity index is 1.55. The Hall–Kier alpha value is -2.34. The molecule has 0 aliphatic carbocycles. The van der Waals surface area contributed by atoms with E-state index in [0.717, 1.165) is 12.8 Å². The van der Waals surface area contributed by atoms with Gasteiger partial charge in [-0.05, 0) is 37.1 Å². The van der Waals surface area contributed by atoms with Crippen LogP contribution in [-0.2, 0) is 0 Å². The van der Waals surface area contributed by atoms with Gasteiger partial charge in [0.25, 0.3) is 11.8 Å². The second-order valence-corrected chi connectivity index (χ2v) is 6.27. The number of nitrogens with one attached hydrogen (secondary N) is 1. The van der Waals surface area contributed by atoms with Crippen LogP contribution in [0.5, 0.6) is 0 Å². The summed E-state index contributed by atoms with van der Waals surface area (Å²) in [6.45, 7) is 1.25. The van der Waals surface area contributed by atoms with Crippen LogP contribution >= 0.6 is 12.6 Å². The number of carbonyl (C=O) groups excluding carboxylic acids is 2. The maximum absolute atomic E-state index is 12.6. The molecule has 0 atom stereocenters. The number of carbonyl (C=O) groups is 2. The fraction of sp³-hybridized carbons (Fsp3) is 0.278. The van der Waals surface area contributed by atoms with Crippen LogP contribution in [0.1, 0.15) is 33.6 Å². The average Bonchev–Trinajstić information content (AvgIpc) is 2.63. The topological polar surface area (TPSA) is 62.3 Å². The van der Waals surface area contributed by atoms with E-state index < -0.39 is 0 Å². The molecule has 0 unspecified atom stereocenters. The van der Waals surface area contributed by atoms with Gasteiger partial charge in [-0.25, -0.2) is 0 Å². The zero-order valence-electron chi connectivity index (χ0n) is 13.2. The average molecular weight is 341 g/mol. The molecule has 5 nitrogen and oxygen atoms in total. The Morgan fingerprint density at radius 3 is 2.42 bits per heavy atom. The first-order valence-corrected chi connectivity index (χ1v) is 8.38. The number of hydrogen-bond donors (Lipinski definition) is 2. The number of nitrogens with zero attached hydrogens (tertiary/aromatic N) is 2. The summed E-state index contributed by atoms with van der Waals surface area (Å²) in [7, 11) is 0. The summed E-state index contributed by atoms with van der Waals surface area (Å²) < 4.78 is 0. The first kappa shape index (κ1) is 16.5. The molecule has 2 aromatic rings. The number of amides is 2. The molecule has 0 saturated carbocycles. The second kappa shape index (κ2) is 7.49. The zero-order chi connectivity index (χ0) is 16.9. The lowest BCUT2D eigenvalue weighted by molar-refractivity contribution is 0.0695. The third-order valence-electron chi connectivity index (χ3n) is 4.19. The Morgan fingerprint density at radius 2 is 1.75 bits per heavy atom. The van der Waals surface area contributed by atoms with Crippen molar-refractivity contribution in [3.05, 3.63) is 59.9 Å². The fourth-order valence-electron chi connectivity index (χ4n) is 2.82. The predicted molar refractivity (Wildman–Crippen MR) is 94.3 cm³/mol. The van der Waals surface area contributed by atoms with Crippen molar-refractivity contribution in [2.75, 3.05) is 13.1 Å². The maximum atomic E-state index is 12.6. The largest absolute Gasteiger partial charge is 0.349 e. The summed E-state index contributed by atoms with van der Waals surface area (Å²) in [6, 6.07) is 10.8. The van der Waals surface area contributed by atoms with Crippen molar-refractivity contribution in [2.24, 2.45) is 0 Å². The van der Waals surface area contributed by atoms with E-state index in [0.29, 0.717) is 29.1 Å². The standard InChI is InChI=1S/C18H19N3O2S/c22-17(13-5-9-19-10-6-13)20-14-7-11-21(12-8-14)18(23)15-3-1-2-4-16(15)24/h1-6,9-10,14,24H,7-8,11-12H2,(H,20,22). The molecule has 1 N–H and O–H groups in total. The summed E-state index contributed by atoms with van der Waals surface area (Å²) in [5.41, 5.74) is 1.23. The highest BCUT2D eigenvalue weighted by atomic mass is 32.1. The van der Waals surface area contributed by atoms with Gasteiger partial charge in [-0.3, -0.25) is 14.6 Å². The van der Waals surface area contributed by atoms with Gasteiger partial charge < -0.3 is 10.2 Å². The van der Waals surface area contributed by atoms with Crippen molar-refractivity contribution in [2.45, 2.75) is 23.8 Å². The van der Waals surface area contributed by atoms with E-state index in [9.17, 15) is 9.59 Å². The molecular formula is C18H19N3O2S. The van der Waals surface area contributed by atoms with Crippen molar-refractivity contribution < 1.29 is 9.59 Å². The highest BCUT2D eigenvalue weighted by Gasteiger charge is 2.25. The Kier molecular flexibility index (Phi) is 5.15. The fourth-order valence-corrected chi connectivity index (χ4v) is 3.08. The molecule has 6 heteroatoms. The number of rotatable bonds is 3. The van der Waals surface area contributed by atoms with E-state index in [1.807, 2.05) is 23.1 Å². The molecule has 2 heterocycles. The first-order chi connectivity index (χ1) is 11.6. The normalized spacial score (nSPS) is 15.1. The first-order valence-electron chi connectivity index (χ1n) is 7.93. The molecule has 1 aromatic carbocycles. The van der Waals surface area contributed by atoms with Gasteiger partial charge in [-0.1, -0.05) is 12.1 Å². The van der Waals surface area contributed by atoms with Crippen molar-refractivity contribution in [1.29, 1.82) is 0 Å². The maximum Gasteiger partial charge on any atom is 0.254 e. The molecule has 124 valence electrons. The Labute approximate surface area is 146 Å². The zero-order valence-corrected chi connectivity index (χ0v) is 14.1. The molecule has 0 spiro atoms. The minimum atomic E-state index is -0.0946. The number of piperidine rings is 1. The molecular weight excluding hydrogens is 322 g/mol. The lowest BCUT2D eigenvalue weighted by Gasteiger charge is -2.32. The molecule has 1 aliphatic rings. The van der Waals surface area contributed by atoms with Crippen LogP contribution in [0, 0.1) is 0 Å². The van der Waals surface area contributed by atoms with Gasteiger partial charge in [0.2, 0.25) is 0 Å². The molecule has 1 aromatic heterocycles. The van der Waals surface area contributed by atoms with Crippen molar-refractivity contribution in [3.63, 3.8) is 0 Å². The van der Waals surface area contributed by atoms with Crippen molar-refractivity contribution >= 4 is 24.4 Å². The van der Waals surface area contributed by atoms with E-state index in [1.165, 1.54) is 0 Å². The molecule has 0 radical (unpaired) electrons. The number of aromatic nitrogens is 1. The highest BCUT2D eigenvalue weighted by molar-refractivity contribution is 7.80. The van der Waals surface area contributed by atoms with Crippen LogP contribution in [0.15, 0.2) is 53.7 Å². The van der Waals surface area contributed by atoms with Gasteiger partial charge in [0, 0.05) is 42.0 Å². The van der Waals surface area contributed by atoms with E-state index in [4.69, 9.17) is 0 Å². The number of thiol groups is 1. The van der Waals surface area contributed by atoms with Crippen molar-refractivity contribution in [1.82, 2.24) is 15.2 Å². The van der Waals surface area contributed by atoms with Gasteiger partial charge in [0.1, 0.15) is 0 Å². The minimum Gasteiger partial charge on any atom is -0.349 e. The van der Waals surface area contributed by atoms with E-state index in [-0.39, 0.29) is 17.9 Å². The monoisotopic (exact) mass is 341 g/mol. The highest BCUT2D eigenvalue weighted by Crippen LogP contribution is 2.19. The van der Waals surface area contributed by atoms with E-state index in [2.05, 4.69) is 22.9 Å². The molecule has 0 bridgehead atoms. The van der Waals surface area contributed by atoms with E-state index in [1.54, 1.807) is 30.6 Å². The van der Waals surface area contributed by atoms with Crippen LogP contribution < -0.4 is 5.32 Å². The Morgan fingerprint density at radius 1 is 1.08 bits per heavy atom. The number of pyridine rings is 1. The van der Waals surface area contributed by atoms with Crippen LogP contribution in [0.2, 0.25) is 0 Å². The summed E-state index contributed by atoms with van der Waals surface area (Å²) in [5, 5.41) is 3.03. The lowest BCUT2D eigenvalue weighted by Crippen LogP contribution is -2.46. The van der Waals surface area contributed by atoms with Gasteiger partial charge in [-0.2, -0.15) is 0 Å². The Bertz CT molecular complexity index is 728. The van der Waals surface area contributed by atoms with Crippen LogP contribution in [0.3, 0.4) is 0 Å². The molecule has 1 fully saturated rings. The minimum absolute atomic E-state index is 0.000453. The van der Waals surface area contributed by atoms with Crippen LogP contribution in [-0.4, -0.2) is 40.8 Å². The molecule has 3 rings (SSSR count). The lowest BCUT2D eigenvalue weighted by atomic mass is 10.0. The number of likely N-dealkylation sites (tertiary alicyclic amines) is 1. The summed E-state index contributed by atoms with van der Waals surface area (Å²) in [5.74, 6) is -0.0950. The van der Waals surface area contributed by atoms with Gasteiger partial charge in [0.15, 0.2) is 0 Å². The molecule has 1 saturated heterocycles. The summed E-state index contributed by atoms with van der Waals surface area (Å²) in [6.07, 6.45) is 4.70. The quantitative estimate of drug-likeness (QED) is 0.843. The predicted octanol–water partition coefficient (Wildman–Crippen LogP) is 2.40. The van der Waals surface area contributed by atoms with Crippen molar-refractivity contribution in [3.8, 4) is 0 Å². The van der Waals surface area contributed by atoms with Crippen LogP contribution in [0.25, 0.3) is 0 Å². The number of hydrogen-bond acceptors (Lipinski definition) is 4. The SMILES string of the molecule is O=C(NC1CCN(C(=O)c2ccccc2S)CC1)c1ccncc1. The molecule has 24 heavy (non-hydrogen) atoms. The number of benzene rings is 1. The van der Waals surface area contributed by atoms with Gasteiger partial charge in [0.05, 0.1) is 5.56 Å². The van der Waals surface area contributed by atoms with Gasteiger partial charge in [-0.15, -0.1) is 12.6 Å². The second-order valence-electron chi connectivity index (χ2n) is 5.79. The third-order valence-corrected chi connectivity index (χ3v) is 4.58. The summed E-state index contributed by atoms with van der Waals surface area (Å²) in [4.78, 5) is 31.1. The summed E-state index contributed by atoms with van der Waals surface area (Å²) >= 11 is 4.35. The molecule has 1 aliphatic heterocycles. The third kappa shape index (κ3) is 3.76. The van der Waals surface area contributed by atoms with E-state index >= 15 is 0 Å². The van der Waals surface area contributed by atoms with Crippen LogP contribution in [0.4, 0.5) is 0 Å². The van der Waals surface area contributed by atoms with Gasteiger partial charge >= 0.3 is 0 Å². The smallest absolute Gasteiger partial charge is 0.254 e. The molecule has 2 amide bonds.